The van der Waals surface area contributed by atoms with E-state index in [2.05, 4.69) is 103 Å². The molecule has 3 aromatic carbocycles. The van der Waals surface area contributed by atoms with E-state index in [1.807, 2.05) is 0 Å². The second-order valence-electron chi connectivity index (χ2n) is 4.34. The van der Waals surface area contributed by atoms with Crippen molar-refractivity contribution in [1.29, 1.82) is 0 Å². The molecular weight excluding hydrogens is 295 g/mol. The van der Waals surface area contributed by atoms with E-state index in [0.29, 0.717) is 0 Å². The first kappa shape index (κ1) is 15.8. The van der Waals surface area contributed by atoms with Gasteiger partial charge in [-0.1, -0.05) is 91.0 Å². The summed E-state index contributed by atoms with van der Waals surface area (Å²) in [6, 6.07) is 32.3. The van der Waals surface area contributed by atoms with Crippen LogP contribution in [0.2, 0.25) is 0 Å². The molecule has 106 valence electrons. The van der Waals surface area contributed by atoms with Gasteiger partial charge in [0.1, 0.15) is 0 Å². The minimum atomic E-state index is -0.446. The summed E-state index contributed by atoms with van der Waals surface area (Å²) >= 11 is 4.64. The Labute approximate surface area is 133 Å². The SMILES string of the molecule is CCl.c1ccc(P(c2ccccc2)c2ccccc2)cc1. The van der Waals surface area contributed by atoms with E-state index in [-0.39, 0.29) is 0 Å². The molecular formula is C19H18ClP. The molecule has 3 rings (SSSR count). The first-order valence-corrected chi connectivity index (χ1v) is 8.88. The van der Waals surface area contributed by atoms with Crippen LogP contribution in [-0.2, 0) is 0 Å². The third-order valence-electron chi connectivity index (χ3n) is 3.04. The average molecular weight is 313 g/mol. The van der Waals surface area contributed by atoms with Gasteiger partial charge in [-0.15, -0.1) is 11.6 Å². The fraction of sp³-hybridized carbons (Fsp3) is 0.0526. The van der Waals surface area contributed by atoms with Crippen molar-refractivity contribution in [3.8, 4) is 0 Å². The molecule has 0 aliphatic rings. The van der Waals surface area contributed by atoms with Gasteiger partial charge in [-0.25, -0.2) is 0 Å². The molecule has 0 aliphatic carbocycles. The predicted molar refractivity (Wildman–Crippen MR) is 96.9 cm³/mol. The summed E-state index contributed by atoms with van der Waals surface area (Å²) in [7, 11) is -0.446. The largest absolute Gasteiger partial charge is 0.130 e. The highest BCUT2D eigenvalue weighted by molar-refractivity contribution is 7.79. The number of hydrogen-bond donors (Lipinski definition) is 0. The van der Waals surface area contributed by atoms with Gasteiger partial charge in [0.2, 0.25) is 0 Å². The van der Waals surface area contributed by atoms with Crippen LogP contribution in [0.25, 0.3) is 0 Å². The molecule has 0 spiro atoms. The Morgan fingerprint density at radius 3 is 0.952 bits per heavy atom. The van der Waals surface area contributed by atoms with Crippen molar-refractivity contribution in [2.75, 3.05) is 6.38 Å². The Morgan fingerprint density at radius 2 is 0.714 bits per heavy atom. The van der Waals surface area contributed by atoms with Crippen LogP contribution < -0.4 is 15.9 Å². The standard InChI is InChI=1S/C18H15P.CH3Cl/c1-4-10-16(11-5-1)19(17-12-6-2-7-13-17)18-14-8-3-9-15-18;1-2/h1-15H;1H3. The first-order chi connectivity index (χ1) is 10.4. The zero-order valence-electron chi connectivity index (χ0n) is 12.0. The van der Waals surface area contributed by atoms with E-state index in [4.69, 9.17) is 0 Å². The zero-order valence-corrected chi connectivity index (χ0v) is 13.6. The van der Waals surface area contributed by atoms with E-state index in [0.717, 1.165) is 0 Å². The van der Waals surface area contributed by atoms with Gasteiger partial charge in [-0.05, 0) is 23.8 Å². The van der Waals surface area contributed by atoms with Gasteiger partial charge in [0.25, 0.3) is 0 Å². The van der Waals surface area contributed by atoms with Crippen LogP contribution in [0, 0.1) is 0 Å². The molecule has 0 unspecified atom stereocenters. The van der Waals surface area contributed by atoms with Crippen molar-refractivity contribution in [3.05, 3.63) is 91.0 Å². The van der Waals surface area contributed by atoms with Crippen LogP contribution in [-0.4, -0.2) is 6.38 Å². The summed E-state index contributed by atoms with van der Waals surface area (Å²) < 4.78 is 0. The highest BCUT2D eigenvalue weighted by Crippen LogP contribution is 2.32. The first-order valence-electron chi connectivity index (χ1n) is 6.78. The minimum Gasteiger partial charge on any atom is -0.130 e. The van der Waals surface area contributed by atoms with Crippen LogP contribution >= 0.6 is 19.5 Å². The molecule has 0 heterocycles. The lowest BCUT2D eigenvalue weighted by Crippen LogP contribution is -2.20. The molecule has 0 saturated heterocycles. The third kappa shape index (κ3) is 4.17. The molecule has 21 heavy (non-hydrogen) atoms. The zero-order chi connectivity index (χ0) is 14.9. The molecule has 0 atom stereocenters. The second-order valence-corrected chi connectivity index (χ2v) is 6.56. The Balaban J connectivity index is 0.000000774. The van der Waals surface area contributed by atoms with Crippen molar-refractivity contribution in [2.24, 2.45) is 0 Å². The van der Waals surface area contributed by atoms with Crippen molar-refractivity contribution in [1.82, 2.24) is 0 Å². The lowest BCUT2D eigenvalue weighted by molar-refractivity contribution is 1.74. The maximum absolute atomic E-state index is 4.64. The molecule has 0 radical (unpaired) electrons. The average Bonchev–Trinajstić information content (AvgIpc) is 2.60. The number of rotatable bonds is 3. The number of hydrogen-bond acceptors (Lipinski definition) is 0. The number of halogens is 1. The lowest BCUT2D eigenvalue weighted by atomic mass is 10.4. The molecule has 0 bridgehead atoms. The predicted octanol–water partition coefficient (Wildman–Crippen LogP) is 4.30. The smallest absolute Gasteiger partial charge is 0.0108 e. The summed E-state index contributed by atoms with van der Waals surface area (Å²) in [5, 5.41) is 4.19. The van der Waals surface area contributed by atoms with E-state index in [9.17, 15) is 0 Å². The van der Waals surface area contributed by atoms with Gasteiger partial charge in [-0.2, -0.15) is 0 Å². The monoisotopic (exact) mass is 312 g/mol. The van der Waals surface area contributed by atoms with Crippen molar-refractivity contribution < 1.29 is 0 Å². The molecule has 0 fully saturated rings. The summed E-state index contributed by atoms with van der Waals surface area (Å²) in [5.74, 6) is 0. The summed E-state index contributed by atoms with van der Waals surface area (Å²) in [6.45, 7) is 0. The lowest BCUT2D eigenvalue weighted by Gasteiger charge is -2.18. The number of benzene rings is 3. The quantitative estimate of drug-likeness (QED) is 0.499. The Morgan fingerprint density at radius 1 is 0.476 bits per heavy atom. The van der Waals surface area contributed by atoms with Gasteiger partial charge >= 0.3 is 0 Å². The van der Waals surface area contributed by atoms with Gasteiger partial charge in [0.05, 0.1) is 0 Å². The molecule has 0 nitrogen and oxygen atoms in total. The highest BCUT2D eigenvalue weighted by Gasteiger charge is 2.14. The highest BCUT2D eigenvalue weighted by atomic mass is 35.5. The maximum Gasteiger partial charge on any atom is 0.0108 e. The Kier molecular flexibility index (Phi) is 6.47. The van der Waals surface area contributed by atoms with Crippen LogP contribution in [0.4, 0.5) is 0 Å². The summed E-state index contributed by atoms with van der Waals surface area (Å²) in [6.07, 6.45) is 1.47. The Bertz CT molecular complexity index is 530. The minimum absolute atomic E-state index is 0.446. The van der Waals surface area contributed by atoms with Gasteiger partial charge < -0.3 is 0 Å². The third-order valence-corrected chi connectivity index (χ3v) is 5.49. The molecule has 0 N–H and O–H groups in total. The normalized spacial score (nSPS) is 9.86. The van der Waals surface area contributed by atoms with Gasteiger partial charge in [-0.3, -0.25) is 0 Å². The van der Waals surface area contributed by atoms with Crippen LogP contribution in [0.15, 0.2) is 91.0 Å². The van der Waals surface area contributed by atoms with E-state index < -0.39 is 7.92 Å². The van der Waals surface area contributed by atoms with Gasteiger partial charge in [0, 0.05) is 6.38 Å². The molecule has 0 amide bonds. The fourth-order valence-corrected chi connectivity index (χ4v) is 4.48. The second kappa shape index (κ2) is 8.62. The van der Waals surface area contributed by atoms with Crippen LogP contribution in [0.1, 0.15) is 0 Å². The molecule has 0 saturated carbocycles. The van der Waals surface area contributed by atoms with Crippen LogP contribution in [0.5, 0.6) is 0 Å². The van der Waals surface area contributed by atoms with Crippen molar-refractivity contribution in [2.45, 2.75) is 0 Å². The van der Waals surface area contributed by atoms with E-state index in [1.54, 1.807) is 0 Å². The summed E-state index contributed by atoms with van der Waals surface area (Å²) in [5.41, 5.74) is 0. The summed E-state index contributed by atoms with van der Waals surface area (Å²) in [4.78, 5) is 0. The van der Waals surface area contributed by atoms with E-state index >= 15 is 0 Å². The molecule has 2 heteroatoms. The molecule has 0 aromatic heterocycles. The van der Waals surface area contributed by atoms with Crippen LogP contribution in [0.3, 0.4) is 0 Å². The fourth-order valence-electron chi connectivity index (χ4n) is 2.18. The van der Waals surface area contributed by atoms with Gasteiger partial charge in [0.15, 0.2) is 0 Å². The van der Waals surface area contributed by atoms with Crippen molar-refractivity contribution in [3.63, 3.8) is 0 Å². The molecule has 0 aliphatic heterocycles. The van der Waals surface area contributed by atoms with E-state index in [1.165, 1.54) is 22.3 Å². The Hall–Kier alpha value is -1.62. The molecule has 3 aromatic rings. The van der Waals surface area contributed by atoms with Crippen molar-refractivity contribution >= 4 is 35.4 Å². The number of alkyl halides is 1. The topological polar surface area (TPSA) is 0 Å². The maximum atomic E-state index is 4.64.